The standard InChI is InChI=1S/C25H38O4/c1-4-5-6-7-8-9-10-11-12-13-14-15-16-17-18-19-21-24(27)23(28-2)20-22(26)25(21)29-3/h8-9,11-12,20H,4-7,10,13-19H2,1-3H3/b9-8-,12-11-. The molecule has 0 heterocycles. The van der Waals surface area contributed by atoms with Crippen molar-refractivity contribution in [2.75, 3.05) is 14.2 Å². The minimum Gasteiger partial charge on any atom is -0.493 e. The smallest absolute Gasteiger partial charge is 0.227 e. The molecule has 0 radical (unpaired) electrons. The first-order chi connectivity index (χ1) is 14.2. The van der Waals surface area contributed by atoms with Gasteiger partial charge in [-0.25, -0.2) is 0 Å². The quantitative estimate of drug-likeness (QED) is 0.171. The number of hydrogen-bond acceptors (Lipinski definition) is 4. The molecule has 0 aromatic carbocycles. The molecular weight excluding hydrogens is 364 g/mol. The van der Waals surface area contributed by atoms with Crippen LogP contribution in [-0.4, -0.2) is 25.8 Å². The highest BCUT2D eigenvalue weighted by molar-refractivity contribution is 6.21. The Labute approximate surface area is 176 Å². The second kappa shape index (κ2) is 15.8. The lowest BCUT2D eigenvalue weighted by Crippen LogP contribution is -2.21. The number of rotatable bonds is 16. The molecule has 0 atom stereocenters. The molecule has 162 valence electrons. The molecule has 1 aliphatic carbocycles. The molecule has 0 aromatic rings. The number of Topliss-reactive ketones (excluding diaryl/α,β-unsaturated/α-hetero) is 1. The zero-order valence-electron chi connectivity index (χ0n) is 18.5. The fourth-order valence-electron chi connectivity index (χ4n) is 3.37. The molecule has 0 aromatic heterocycles. The highest BCUT2D eigenvalue weighted by Crippen LogP contribution is 2.25. The molecule has 0 amide bonds. The molecule has 0 unspecified atom stereocenters. The van der Waals surface area contributed by atoms with Gasteiger partial charge in [0, 0.05) is 11.6 Å². The van der Waals surface area contributed by atoms with Crippen LogP contribution in [0.15, 0.2) is 47.5 Å². The van der Waals surface area contributed by atoms with E-state index in [0.717, 1.165) is 32.1 Å². The monoisotopic (exact) mass is 402 g/mol. The van der Waals surface area contributed by atoms with Crippen LogP contribution in [0.3, 0.4) is 0 Å². The number of hydrogen-bond donors (Lipinski definition) is 0. The van der Waals surface area contributed by atoms with Crippen molar-refractivity contribution in [2.24, 2.45) is 0 Å². The van der Waals surface area contributed by atoms with E-state index in [1.807, 2.05) is 0 Å². The number of allylic oxidation sites excluding steroid dienone is 6. The van der Waals surface area contributed by atoms with E-state index in [1.165, 1.54) is 58.8 Å². The summed E-state index contributed by atoms with van der Waals surface area (Å²) in [6.07, 6.45) is 23.5. The number of ketones is 2. The third kappa shape index (κ3) is 9.78. The Balaban J connectivity index is 2.14. The van der Waals surface area contributed by atoms with Gasteiger partial charge >= 0.3 is 0 Å². The van der Waals surface area contributed by atoms with Crippen molar-refractivity contribution in [1.82, 2.24) is 0 Å². The van der Waals surface area contributed by atoms with Gasteiger partial charge in [0.2, 0.25) is 11.6 Å². The van der Waals surface area contributed by atoms with Crippen molar-refractivity contribution in [1.29, 1.82) is 0 Å². The SMILES string of the molecule is CCCCC/C=C\C/C=C\CCCCCCCC1=C(OC)C(=O)C=C(OC)C1=O. The summed E-state index contributed by atoms with van der Waals surface area (Å²) in [6, 6.07) is 0. The number of methoxy groups -OCH3 is 2. The molecule has 0 saturated carbocycles. The number of carbonyl (C=O) groups is 2. The largest absolute Gasteiger partial charge is 0.493 e. The summed E-state index contributed by atoms with van der Waals surface area (Å²) in [4.78, 5) is 24.4. The number of ether oxygens (including phenoxy) is 2. The van der Waals surface area contributed by atoms with Gasteiger partial charge in [0.15, 0.2) is 11.5 Å². The second-order valence-corrected chi connectivity index (χ2v) is 7.40. The zero-order chi connectivity index (χ0) is 21.3. The van der Waals surface area contributed by atoms with Crippen LogP contribution >= 0.6 is 0 Å². The van der Waals surface area contributed by atoms with Gasteiger partial charge in [-0.05, 0) is 44.9 Å². The van der Waals surface area contributed by atoms with E-state index in [-0.39, 0.29) is 23.1 Å². The normalized spacial score (nSPS) is 14.9. The molecule has 0 bridgehead atoms. The molecular formula is C25H38O4. The fraction of sp³-hybridized carbons (Fsp3) is 0.600. The Bertz CT molecular complexity index is 623. The minimum absolute atomic E-state index is 0.105. The van der Waals surface area contributed by atoms with Gasteiger partial charge in [-0.1, -0.05) is 63.3 Å². The second-order valence-electron chi connectivity index (χ2n) is 7.40. The molecule has 29 heavy (non-hydrogen) atoms. The van der Waals surface area contributed by atoms with Crippen molar-refractivity contribution >= 4 is 11.6 Å². The summed E-state index contributed by atoms with van der Waals surface area (Å²) in [7, 11) is 2.84. The van der Waals surface area contributed by atoms with Crippen LogP contribution in [0.1, 0.15) is 84.0 Å². The van der Waals surface area contributed by atoms with Gasteiger partial charge in [-0.15, -0.1) is 0 Å². The first-order valence-electron chi connectivity index (χ1n) is 11.1. The Hall–Kier alpha value is -2.10. The van der Waals surface area contributed by atoms with Crippen LogP contribution < -0.4 is 0 Å². The van der Waals surface area contributed by atoms with Crippen molar-refractivity contribution in [2.45, 2.75) is 84.0 Å². The van der Waals surface area contributed by atoms with Crippen LogP contribution in [-0.2, 0) is 19.1 Å². The van der Waals surface area contributed by atoms with Crippen molar-refractivity contribution in [3.63, 3.8) is 0 Å². The molecule has 0 spiro atoms. The average Bonchev–Trinajstić information content (AvgIpc) is 2.72. The Morgan fingerprint density at radius 1 is 0.793 bits per heavy atom. The van der Waals surface area contributed by atoms with Crippen LogP contribution in [0, 0.1) is 0 Å². The molecule has 4 nitrogen and oxygen atoms in total. The topological polar surface area (TPSA) is 52.6 Å². The number of carbonyl (C=O) groups excluding carboxylic acids is 2. The Kier molecular flexibility index (Phi) is 13.6. The van der Waals surface area contributed by atoms with Gasteiger partial charge in [-0.3, -0.25) is 9.59 Å². The maximum atomic E-state index is 12.4. The van der Waals surface area contributed by atoms with Gasteiger partial charge in [0.1, 0.15) is 0 Å². The highest BCUT2D eigenvalue weighted by atomic mass is 16.5. The van der Waals surface area contributed by atoms with E-state index in [9.17, 15) is 9.59 Å². The fourth-order valence-corrected chi connectivity index (χ4v) is 3.37. The predicted octanol–water partition coefficient (Wildman–Crippen LogP) is 6.38. The van der Waals surface area contributed by atoms with E-state index < -0.39 is 0 Å². The first-order valence-corrected chi connectivity index (χ1v) is 11.1. The van der Waals surface area contributed by atoms with Crippen LogP contribution in [0.2, 0.25) is 0 Å². The first kappa shape index (κ1) is 24.9. The van der Waals surface area contributed by atoms with Gasteiger partial charge in [0.05, 0.1) is 14.2 Å². The summed E-state index contributed by atoms with van der Waals surface area (Å²) in [5.74, 6) is -0.246. The summed E-state index contributed by atoms with van der Waals surface area (Å²) in [6.45, 7) is 2.23. The van der Waals surface area contributed by atoms with Gasteiger partial charge in [0.25, 0.3) is 0 Å². The summed E-state index contributed by atoms with van der Waals surface area (Å²) < 4.78 is 10.2. The maximum Gasteiger partial charge on any atom is 0.227 e. The van der Waals surface area contributed by atoms with E-state index >= 15 is 0 Å². The van der Waals surface area contributed by atoms with Crippen molar-refractivity contribution in [3.05, 3.63) is 47.5 Å². The lowest BCUT2D eigenvalue weighted by atomic mass is 9.94. The molecule has 0 N–H and O–H groups in total. The Morgan fingerprint density at radius 3 is 2.03 bits per heavy atom. The summed E-state index contributed by atoms with van der Waals surface area (Å²) >= 11 is 0. The summed E-state index contributed by atoms with van der Waals surface area (Å²) in [5, 5.41) is 0. The lowest BCUT2D eigenvalue weighted by molar-refractivity contribution is -0.120. The Morgan fingerprint density at radius 2 is 1.41 bits per heavy atom. The van der Waals surface area contributed by atoms with Gasteiger partial charge < -0.3 is 9.47 Å². The summed E-state index contributed by atoms with van der Waals surface area (Å²) in [5.41, 5.74) is 0.447. The molecule has 4 heteroatoms. The third-order valence-electron chi connectivity index (χ3n) is 5.06. The number of unbranched alkanes of at least 4 members (excludes halogenated alkanes) is 8. The molecule has 0 saturated heterocycles. The molecule has 1 aliphatic rings. The predicted molar refractivity (Wildman–Crippen MR) is 118 cm³/mol. The van der Waals surface area contributed by atoms with Crippen LogP contribution in [0.5, 0.6) is 0 Å². The third-order valence-corrected chi connectivity index (χ3v) is 5.06. The average molecular weight is 403 g/mol. The van der Waals surface area contributed by atoms with Crippen LogP contribution in [0.25, 0.3) is 0 Å². The molecule has 0 fully saturated rings. The van der Waals surface area contributed by atoms with E-state index in [2.05, 4.69) is 31.2 Å². The zero-order valence-corrected chi connectivity index (χ0v) is 18.5. The highest BCUT2D eigenvalue weighted by Gasteiger charge is 2.29. The van der Waals surface area contributed by atoms with E-state index in [4.69, 9.17) is 9.47 Å². The van der Waals surface area contributed by atoms with Crippen molar-refractivity contribution < 1.29 is 19.1 Å². The van der Waals surface area contributed by atoms with E-state index in [0.29, 0.717) is 12.0 Å². The lowest BCUT2D eigenvalue weighted by Gasteiger charge is -2.17. The molecule has 1 rings (SSSR count). The van der Waals surface area contributed by atoms with Crippen LogP contribution in [0.4, 0.5) is 0 Å². The van der Waals surface area contributed by atoms with Crippen molar-refractivity contribution in [3.8, 4) is 0 Å². The van der Waals surface area contributed by atoms with Gasteiger partial charge in [-0.2, -0.15) is 0 Å². The maximum absolute atomic E-state index is 12.4. The van der Waals surface area contributed by atoms with E-state index in [1.54, 1.807) is 0 Å². The minimum atomic E-state index is -0.290. The molecule has 0 aliphatic heterocycles.